The van der Waals surface area contributed by atoms with Crippen molar-refractivity contribution in [2.24, 2.45) is 0 Å². The van der Waals surface area contributed by atoms with E-state index in [0.717, 1.165) is 10.3 Å². The molecule has 0 bridgehead atoms. The van der Waals surface area contributed by atoms with E-state index in [0.29, 0.717) is 10.4 Å². The molecule has 2 aromatic rings. The van der Waals surface area contributed by atoms with Gasteiger partial charge < -0.3 is 4.74 Å². The fourth-order valence-corrected chi connectivity index (χ4v) is 3.18. The predicted octanol–water partition coefficient (Wildman–Crippen LogP) is 3.77. The highest BCUT2D eigenvalue weighted by atomic mass is 32.2. The Kier molecular flexibility index (Phi) is 2.65. The summed E-state index contributed by atoms with van der Waals surface area (Å²) in [6.45, 7) is 0. The van der Waals surface area contributed by atoms with Gasteiger partial charge in [-0.15, -0.1) is 23.1 Å². The highest BCUT2D eigenvalue weighted by Gasteiger charge is 2.11. The third-order valence-corrected chi connectivity index (χ3v) is 3.97. The topological polar surface area (TPSA) is 9.23 Å². The van der Waals surface area contributed by atoms with Crippen LogP contribution in [-0.2, 0) is 0 Å². The molecule has 1 nitrogen and oxygen atoms in total. The first-order valence-corrected chi connectivity index (χ1v) is 6.16. The van der Waals surface area contributed by atoms with Crippen molar-refractivity contribution in [2.75, 3.05) is 13.4 Å². The van der Waals surface area contributed by atoms with Crippen LogP contribution >= 0.6 is 23.1 Å². The van der Waals surface area contributed by atoms with Crippen LogP contribution in [0.15, 0.2) is 22.4 Å². The van der Waals surface area contributed by atoms with Crippen LogP contribution in [0.4, 0.5) is 4.39 Å². The van der Waals surface area contributed by atoms with E-state index in [1.165, 1.54) is 18.4 Å². The van der Waals surface area contributed by atoms with Crippen LogP contribution in [0.1, 0.15) is 0 Å². The predicted molar refractivity (Wildman–Crippen MR) is 60.1 cm³/mol. The normalized spacial score (nSPS) is 10.8. The van der Waals surface area contributed by atoms with E-state index < -0.39 is 0 Å². The molecule has 4 heteroatoms. The van der Waals surface area contributed by atoms with E-state index in [9.17, 15) is 4.39 Å². The van der Waals surface area contributed by atoms with Gasteiger partial charge in [0.2, 0.25) is 0 Å². The van der Waals surface area contributed by atoms with Gasteiger partial charge in [-0.1, -0.05) is 0 Å². The Hall–Kier alpha value is -0.740. The summed E-state index contributed by atoms with van der Waals surface area (Å²) in [6, 6.07) is 3.57. The standard InChI is InChI=1S/C10H9FOS2/c1-12-7-4-3-6-8(13-2)5-14-10(6)9(7)11/h3-5H,1-2H3. The molecule has 74 valence electrons. The van der Waals surface area contributed by atoms with Gasteiger partial charge in [-0.2, -0.15) is 0 Å². The van der Waals surface area contributed by atoms with Crippen LogP contribution in [-0.4, -0.2) is 13.4 Å². The number of hydrogen-bond acceptors (Lipinski definition) is 3. The van der Waals surface area contributed by atoms with Crippen LogP contribution in [0.5, 0.6) is 5.75 Å². The summed E-state index contributed by atoms with van der Waals surface area (Å²) in [5.74, 6) is 0.0577. The third kappa shape index (κ3) is 1.38. The van der Waals surface area contributed by atoms with Crippen LogP contribution in [0, 0.1) is 5.82 Å². The van der Waals surface area contributed by atoms with Gasteiger partial charge in [-0.3, -0.25) is 0 Å². The molecule has 0 N–H and O–H groups in total. The Morgan fingerprint density at radius 3 is 2.86 bits per heavy atom. The Morgan fingerprint density at radius 1 is 1.43 bits per heavy atom. The number of methoxy groups -OCH3 is 1. The first-order valence-electron chi connectivity index (χ1n) is 4.05. The van der Waals surface area contributed by atoms with E-state index in [4.69, 9.17) is 4.74 Å². The minimum Gasteiger partial charge on any atom is -0.494 e. The largest absolute Gasteiger partial charge is 0.494 e. The van der Waals surface area contributed by atoms with Crippen LogP contribution in [0.2, 0.25) is 0 Å². The molecule has 1 aromatic carbocycles. The molecule has 0 spiro atoms. The molecule has 2 rings (SSSR count). The highest BCUT2D eigenvalue weighted by molar-refractivity contribution is 7.99. The summed E-state index contributed by atoms with van der Waals surface area (Å²) in [4.78, 5) is 1.12. The van der Waals surface area contributed by atoms with Gasteiger partial charge in [-0.25, -0.2) is 4.39 Å². The molecule has 0 saturated heterocycles. The number of fused-ring (bicyclic) bond motifs is 1. The molecule has 1 heterocycles. The van der Waals surface area contributed by atoms with E-state index in [1.54, 1.807) is 17.8 Å². The third-order valence-electron chi connectivity index (χ3n) is 2.05. The number of rotatable bonds is 2. The molecule has 0 aliphatic carbocycles. The average Bonchev–Trinajstić information content (AvgIpc) is 2.62. The number of hydrogen-bond donors (Lipinski definition) is 0. The maximum Gasteiger partial charge on any atom is 0.182 e. The molecule has 0 fully saturated rings. The lowest BCUT2D eigenvalue weighted by Gasteiger charge is -2.02. The summed E-state index contributed by atoms with van der Waals surface area (Å²) in [6.07, 6.45) is 1.99. The Morgan fingerprint density at radius 2 is 2.21 bits per heavy atom. The summed E-state index contributed by atoms with van der Waals surface area (Å²) < 4.78 is 19.3. The van der Waals surface area contributed by atoms with Crippen molar-refractivity contribution in [1.29, 1.82) is 0 Å². The molecular weight excluding hydrogens is 219 g/mol. The minimum absolute atomic E-state index is 0.254. The van der Waals surface area contributed by atoms with Gasteiger partial charge in [0.05, 0.1) is 11.8 Å². The first kappa shape index (κ1) is 9.80. The molecule has 0 unspecified atom stereocenters. The van der Waals surface area contributed by atoms with Gasteiger partial charge >= 0.3 is 0 Å². The summed E-state index contributed by atoms with van der Waals surface area (Å²) in [5.41, 5.74) is 0. The van der Waals surface area contributed by atoms with Gasteiger partial charge in [0.25, 0.3) is 0 Å². The van der Waals surface area contributed by atoms with Crippen molar-refractivity contribution in [3.05, 3.63) is 23.3 Å². The van der Waals surface area contributed by atoms with Crippen molar-refractivity contribution < 1.29 is 9.13 Å². The second kappa shape index (κ2) is 3.79. The summed E-state index contributed by atoms with van der Waals surface area (Å²) >= 11 is 3.05. The van der Waals surface area contributed by atoms with Crippen LogP contribution in [0.25, 0.3) is 10.1 Å². The summed E-state index contributed by atoms with van der Waals surface area (Å²) in [5, 5.41) is 2.94. The smallest absolute Gasteiger partial charge is 0.182 e. The average molecular weight is 228 g/mol. The molecule has 0 saturated carbocycles. The van der Waals surface area contributed by atoms with Crippen molar-refractivity contribution in [2.45, 2.75) is 4.90 Å². The fraction of sp³-hybridized carbons (Fsp3) is 0.200. The molecule has 0 aliphatic heterocycles. The van der Waals surface area contributed by atoms with Crippen molar-refractivity contribution in [1.82, 2.24) is 0 Å². The quantitative estimate of drug-likeness (QED) is 0.724. The summed E-state index contributed by atoms with van der Waals surface area (Å²) in [7, 11) is 1.48. The molecule has 0 atom stereocenters. The van der Waals surface area contributed by atoms with E-state index >= 15 is 0 Å². The second-order valence-corrected chi connectivity index (χ2v) is 4.49. The van der Waals surface area contributed by atoms with Crippen molar-refractivity contribution >= 4 is 33.2 Å². The maximum atomic E-state index is 13.7. The Bertz CT molecular complexity index is 464. The van der Waals surface area contributed by atoms with Crippen molar-refractivity contribution in [3.63, 3.8) is 0 Å². The SMILES string of the molecule is COc1ccc2c(SC)csc2c1F. The Labute approximate surface area is 89.9 Å². The monoisotopic (exact) mass is 228 g/mol. The number of halogens is 1. The van der Waals surface area contributed by atoms with Crippen LogP contribution in [0.3, 0.4) is 0 Å². The number of thiophene rings is 1. The second-order valence-electron chi connectivity index (χ2n) is 2.76. The zero-order valence-corrected chi connectivity index (χ0v) is 9.47. The number of thioether (sulfide) groups is 1. The molecule has 0 amide bonds. The van der Waals surface area contributed by atoms with E-state index in [1.807, 2.05) is 17.7 Å². The molecule has 0 aliphatic rings. The van der Waals surface area contributed by atoms with Gasteiger partial charge in [0.1, 0.15) is 0 Å². The van der Waals surface area contributed by atoms with Crippen molar-refractivity contribution in [3.8, 4) is 5.75 Å². The zero-order valence-electron chi connectivity index (χ0n) is 7.83. The molecular formula is C10H9FOS2. The van der Waals surface area contributed by atoms with E-state index in [2.05, 4.69) is 0 Å². The molecule has 14 heavy (non-hydrogen) atoms. The van der Waals surface area contributed by atoms with E-state index in [-0.39, 0.29) is 5.82 Å². The highest BCUT2D eigenvalue weighted by Crippen LogP contribution is 2.36. The molecule has 1 aromatic heterocycles. The zero-order chi connectivity index (χ0) is 10.1. The first-order chi connectivity index (χ1) is 6.77. The molecule has 0 radical (unpaired) electrons. The number of ether oxygens (including phenoxy) is 1. The minimum atomic E-state index is -0.254. The number of benzene rings is 1. The maximum absolute atomic E-state index is 13.7. The lowest BCUT2D eigenvalue weighted by atomic mass is 10.2. The fourth-order valence-electron chi connectivity index (χ4n) is 1.34. The van der Waals surface area contributed by atoms with Gasteiger partial charge in [0.15, 0.2) is 11.6 Å². The van der Waals surface area contributed by atoms with Crippen LogP contribution < -0.4 is 4.74 Å². The lowest BCUT2D eigenvalue weighted by molar-refractivity contribution is 0.389. The van der Waals surface area contributed by atoms with Gasteiger partial charge in [-0.05, 0) is 18.4 Å². The lowest BCUT2D eigenvalue weighted by Crippen LogP contribution is -1.86. The van der Waals surface area contributed by atoms with Gasteiger partial charge in [0, 0.05) is 15.7 Å². The Balaban J connectivity index is 2.72.